The minimum absolute atomic E-state index is 0.0470. The molecule has 0 N–H and O–H groups in total. The van der Waals surface area contributed by atoms with Crippen molar-refractivity contribution in [2.45, 2.75) is 13.8 Å². The molecule has 0 aliphatic rings. The fourth-order valence-electron chi connectivity index (χ4n) is 2.61. The maximum absolute atomic E-state index is 11.8. The van der Waals surface area contributed by atoms with Gasteiger partial charge in [-0.2, -0.15) is 0 Å². The van der Waals surface area contributed by atoms with E-state index in [0.717, 1.165) is 33.6 Å². The molecule has 0 saturated heterocycles. The molecule has 21 heavy (non-hydrogen) atoms. The van der Waals surface area contributed by atoms with Crippen LogP contribution in [0, 0.1) is 6.92 Å². The molecule has 0 saturated carbocycles. The average Bonchev–Trinajstić information content (AvgIpc) is 2.84. The number of furan rings is 1. The van der Waals surface area contributed by atoms with Crippen molar-refractivity contribution in [2.24, 2.45) is 0 Å². The highest BCUT2D eigenvalue weighted by atomic mass is 16.5. The summed E-state index contributed by atoms with van der Waals surface area (Å²) >= 11 is 0. The number of aryl methyl sites for hydroxylation is 1. The number of rotatable bonds is 3. The van der Waals surface area contributed by atoms with Crippen molar-refractivity contribution in [1.29, 1.82) is 0 Å². The SMILES string of the molecule is COc1ccc(-c2oc3cccc(C(C)=O)c3c2C)cc1. The van der Waals surface area contributed by atoms with Gasteiger partial charge in [-0.3, -0.25) is 4.79 Å². The fraction of sp³-hybridized carbons (Fsp3) is 0.167. The third kappa shape index (κ3) is 2.21. The van der Waals surface area contributed by atoms with Crippen LogP contribution in [0.5, 0.6) is 5.75 Å². The van der Waals surface area contributed by atoms with Crippen LogP contribution >= 0.6 is 0 Å². The van der Waals surface area contributed by atoms with Crippen molar-refractivity contribution in [2.75, 3.05) is 7.11 Å². The monoisotopic (exact) mass is 280 g/mol. The Morgan fingerprint density at radius 2 is 1.81 bits per heavy atom. The zero-order valence-electron chi connectivity index (χ0n) is 12.3. The lowest BCUT2D eigenvalue weighted by Gasteiger charge is -2.02. The van der Waals surface area contributed by atoms with Crippen molar-refractivity contribution < 1.29 is 13.9 Å². The van der Waals surface area contributed by atoms with E-state index in [-0.39, 0.29) is 5.78 Å². The van der Waals surface area contributed by atoms with Gasteiger partial charge >= 0.3 is 0 Å². The third-order valence-corrected chi connectivity index (χ3v) is 3.69. The van der Waals surface area contributed by atoms with Gasteiger partial charge in [-0.25, -0.2) is 0 Å². The van der Waals surface area contributed by atoms with Crippen LogP contribution in [0.1, 0.15) is 22.8 Å². The van der Waals surface area contributed by atoms with Crippen molar-refractivity contribution in [3.05, 3.63) is 53.6 Å². The molecule has 3 nitrogen and oxygen atoms in total. The Morgan fingerprint density at radius 1 is 1.10 bits per heavy atom. The predicted octanol–water partition coefficient (Wildman–Crippen LogP) is 4.62. The number of ether oxygens (including phenoxy) is 1. The summed E-state index contributed by atoms with van der Waals surface area (Å²) in [7, 11) is 1.64. The van der Waals surface area contributed by atoms with Crippen molar-refractivity contribution in [3.63, 3.8) is 0 Å². The van der Waals surface area contributed by atoms with E-state index in [1.807, 2.05) is 49.4 Å². The fourth-order valence-corrected chi connectivity index (χ4v) is 2.61. The summed E-state index contributed by atoms with van der Waals surface area (Å²) in [4.78, 5) is 11.8. The van der Waals surface area contributed by atoms with Crippen LogP contribution in [-0.4, -0.2) is 12.9 Å². The minimum Gasteiger partial charge on any atom is -0.497 e. The molecule has 3 aromatic rings. The minimum atomic E-state index is 0.0470. The molecule has 0 unspecified atom stereocenters. The number of methoxy groups -OCH3 is 1. The number of hydrogen-bond acceptors (Lipinski definition) is 3. The first-order valence-electron chi connectivity index (χ1n) is 6.79. The molecule has 0 atom stereocenters. The normalized spacial score (nSPS) is 10.8. The molecule has 0 bridgehead atoms. The quantitative estimate of drug-likeness (QED) is 0.657. The van der Waals surface area contributed by atoms with E-state index >= 15 is 0 Å². The highest BCUT2D eigenvalue weighted by molar-refractivity contribution is 6.08. The van der Waals surface area contributed by atoms with Gasteiger partial charge in [0, 0.05) is 22.1 Å². The molecule has 0 amide bonds. The van der Waals surface area contributed by atoms with Crippen molar-refractivity contribution in [1.82, 2.24) is 0 Å². The molecule has 2 aromatic carbocycles. The number of carbonyl (C=O) groups is 1. The van der Waals surface area contributed by atoms with Crippen LogP contribution in [0.15, 0.2) is 46.9 Å². The van der Waals surface area contributed by atoms with E-state index in [1.54, 1.807) is 14.0 Å². The number of fused-ring (bicyclic) bond motifs is 1. The predicted molar refractivity (Wildman–Crippen MR) is 82.9 cm³/mol. The van der Waals surface area contributed by atoms with Gasteiger partial charge < -0.3 is 9.15 Å². The lowest BCUT2D eigenvalue weighted by atomic mass is 10.0. The summed E-state index contributed by atoms with van der Waals surface area (Å²) in [6.45, 7) is 3.56. The van der Waals surface area contributed by atoms with Gasteiger partial charge in [0.1, 0.15) is 17.1 Å². The van der Waals surface area contributed by atoms with Crippen LogP contribution in [0.3, 0.4) is 0 Å². The lowest BCUT2D eigenvalue weighted by Crippen LogP contribution is -1.92. The van der Waals surface area contributed by atoms with E-state index in [1.165, 1.54) is 0 Å². The number of benzene rings is 2. The van der Waals surface area contributed by atoms with Crippen LogP contribution in [-0.2, 0) is 0 Å². The standard InChI is InChI=1S/C18H16O3/c1-11-17-15(12(2)19)5-4-6-16(17)21-18(11)13-7-9-14(20-3)10-8-13/h4-10H,1-3H3. The van der Waals surface area contributed by atoms with Crippen molar-refractivity contribution >= 4 is 16.8 Å². The summed E-state index contributed by atoms with van der Waals surface area (Å²) < 4.78 is 11.1. The molecule has 1 aromatic heterocycles. The summed E-state index contributed by atoms with van der Waals surface area (Å²) in [6, 6.07) is 13.3. The van der Waals surface area contributed by atoms with Gasteiger partial charge in [0.25, 0.3) is 0 Å². The first-order valence-corrected chi connectivity index (χ1v) is 6.79. The second-order valence-corrected chi connectivity index (χ2v) is 5.02. The molecule has 0 radical (unpaired) electrons. The largest absolute Gasteiger partial charge is 0.497 e. The molecule has 106 valence electrons. The number of carbonyl (C=O) groups excluding carboxylic acids is 1. The number of hydrogen-bond donors (Lipinski definition) is 0. The lowest BCUT2D eigenvalue weighted by molar-refractivity contribution is 0.101. The van der Waals surface area contributed by atoms with Gasteiger partial charge in [0.05, 0.1) is 7.11 Å². The maximum Gasteiger partial charge on any atom is 0.160 e. The number of Topliss-reactive ketones (excluding diaryl/α,β-unsaturated/α-hetero) is 1. The highest BCUT2D eigenvalue weighted by Crippen LogP contribution is 2.35. The summed E-state index contributed by atoms with van der Waals surface area (Å²) in [5.74, 6) is 1.64. The number of ketones is 1. The van der Waals surface area contributed by atoms with Gasteiger partial charge in [-0.15, -0.1) is 0 Å². The molecule has 3 heteroatoms. The second kappa shape index (κ2) is 5.09. The van der Waals surface area contributed by atoms with Crippen LogP contribution in [0.2, 0.25) is 0 Å². The maximum atomic E-state index is 11.8. The van der Waals surface area contributed by atoms with Gasteiger partial charge in [0.15, 0.2) is 5.78 Å². The van der Waals surface area contributed by atoms with E-state index in [0.29, 0.717) is 5.56 Å². The summed E-state index contributed by atoms with van der Waals surface area (Å²) in [5, 5.41) is 0.899. The molecule has 0 spiro atoms. The Labute approximate surface area is 123 Å². The van der Waals surface area contributed by atoms with Crippen LogP contribution < -0.4 is 4.74 Å². The second-order valence-electron chi connectivity index (χ2n) is 5.02. The Balaban J connectivity index is 2.21. The smallest absolute Gasteiger partial charge is 0.160 e. The third-order valence-electron chi connectivity index (χ3n) is 3.69. The highest BCUT2D eigenvalue weighted by Gasteiger charge is 2.16. The molecule has 0 fully saturated rings. The van der Waals surface area contributed by atoms with Gasteiger partial charge in [-0.1, -0.05) is 12.1 Å². The zero-order chi connectivity index (χ0) is 15.0. The van der Waals surface area contributed by atoms with Gasteiger partial charge in [0.2, 0.25) is 0 Å². The summed E-state index contributed by atoms with van der Waals surface area (Å²) in [5.41, 5.74) is 3.40. The molecular weight excluding hydrogens is 264 g/mol. The van der Waals surface area contributed by atoms with E-state index in [4.69, 9.17) is 9.15 Å². The molecule has 3 rings (SSSR count). The van der Waals surface area contributed by atoms with E-state index < -0.39 is 0 Å². The summed E-state index contributed by atoms with van der Waals surface area (Å²) in [6.07, 6.45) is 0. The van der Waals surface area contributed by atoms with Crippen molar-refractivity contribution in [3.8, 4) is 17.1 Å². The molecule has 0 aliphatic carbocycles. The van der Waals surface area contributed by atoms with Gasteiger partial charge in [-0.05, 0) is 44.2 Å². The molecule has 0 aliphatic heterocycles. The van der Waals surface area contributed by atoms with E-state index in [2.05, 4.69) is 0 Å². The van der Waals surface area contributed by atoms with E-state index in [9.17, 15) is 4.79 Å². The molecule has 1 heterocycles. The van der Waals surface area contributed by atoms with Crippen LogP contribution in [0.4, 0.5) is 0 Å². The first-order chi connectivity index (χ1) is 10.1. The Hall–Kier alpha value is -2.55. The Morgan fingerprint density at radius 3 is 2.43 bits per heavy atom. The molecular formula is C18H16O3. The topological polar surface area (TPSA) is 39.4 Å². The average molecular weight is 280 g/mol. The zero-order valence-corrected chi connectivity index (χ0v) is 12.3. The Kier molecular flexibility index (Phi) is 3.26. The van der Waals surface area contributed by atoms with Crippen LogP contribution in [0.25, 0.3) is 22.3 Å². The first kappa shape index (κ1) is 13.4. The Bertz CT molecular complexity index is 810.